The van der Waals surface area contributed by atoms with Gasteiger partial charge in [0.1, 0.15) is 0 Å². The highest BCUT2D eigenvalue weighted by atomic mass is 16.5. The number of H-pyrrole nitrogens is 1. The van der Waals surface area contributed by atoms with Crippen molar-refractivity contribution in [3.63, 3.8) is 0 Å². The molecule has 2 aromatic rings. The van der Waals surface area contributed by atoms with Crippen LogP contribution in [-0.2, 0) is 11.3 Å². The first-order valence-corrected chi connectivity index (χ1v) is 9.28. The average molecular weight is 328 g/mol. The summed E-state index contributed by atoms with van der Waals surface area (Å²) < 4.78 is 5.79. The fourth-order valence-electron chi connectivity index (χ4n) is 4.20. The van der Waals surface area contributed by atoms with Crippen molar-refractivity contribution in [1.82, 2.24) is 20.4 Å². The van der Waals surface area contributed by atoms with Crippen molar-refractivity contribution in [3.05, 3.63) is 30.0 Å². The Balaban J connectivity index is 1.30. The zero-order chi connectivity index (χ0) is 16.4. The highest BCUT2D eigenvalue weighted by molar-refractivity contribution is 5.81. The molecule has 2 fully saturated rings. The Labute approximate surface area is 143 Å². The molecule has 24 heavy (non-hydrogen) atoms. The van der Waals surface area contributed by atoms with Gasteiger partial charge in [-0.15, -0.1) is 0 Å². The van der Waals surface area contributed by atoms with Crippen LogP contribution in [0.5, 0.6) is 0 Å². The molecular weight excluding hydrogens is 300 g/mol. The second kappa shape index (κ2) is 7.21. The Morgan fingerprint density at radius 2 is 2.33 bits per heavy atom. The minimum atomic E-state index is 0.472. The molecule has 5 nitrogen and oxygen atoms in total. The summed E-state index contributed by atoms with van der Waals surface area (Å²) in [5.41, 5.74) is 2.47. The van der Waals surface area contributed by atoms with Gasteiger partial charge < -0.3 is 15.0 Å². The molecule has 0 saturated carbocycles. The normalized spacial score (nSPS) is 28.6. The maximum atomic E-state index is 5.79. The summed E-state index contributed by atoms with van der Waals surface area (Å²) in [7, 11) is 0. The Kier molecular flexibility index (Phi) is 4.83. The van der Waals surface area contributed by atoms with E-state index in [1.165, 1.54) is 43.3 Å². The lowest BCUT2D eigenvalue weighted by Crippen LogP contribution is -2.49. The molecule has 1 aromatic heterocycles. The molecule has 3 heterocycles. The molecule has 2 aliphatic heterocycles. The van der Waals surface area contributed by atoms with E-state index in [1.54, 1.807) is 0 Å². The molecule has 130 valence electrons. The molecule has 0 radical (unpaired) electrons. The summed E-state index contributed by atoms with van der Waals surface area (Å²) in [4.78, 5) is 2.59. The summed E-state index contributed by atoms with van der Waals surface area (Å²) in [5.74, 6) is 0.668. The zero-order valence-corrected chi connectivity index (χ0v) is 14.5. The first kappa shape index (κ1) is 16.1. The van der Waals surface area contributed by atoms with Gasteiger partial charge in [0, 0.05) is 37.7 Å². The number of likely N-dealkylation sites (tertiary alicyclic amines) is 1. The first-order chi connectivity index (χ1) is 11.8. The van der Waals surface area contributed by atoms with Crippen molar-refractivity contribution in [2.75, 3.05) is 26.2 Å². The van der Waals surface area contributed by atoms with Gasteiger partial charge in [0.2, 0.25) is 0 Å². The van der Waals surface area contributed by atoms with Gasteiger partial charge in [-0.3, -0.25) is 5.10 Å². The van der Waals surface area contributed by atoms with E-state index in [2.05, 4.69) is 45.5 Å². The lowest BCUT2D eigenvalue weighted by Gasteiger charge is -2.38. The summed E-state index contributed by atoms with van der Waals surface area (Å²) in [6.45, 7) is 7.69. The quantitative estimate of drug-likeness (QED) is 0.886. The van der Waals surface area contributed by atoms with E-state index < -0.39 is 0 Å². The van der Waals surface area contributed by atoms with Crippen LogP contribution in [0.1, 0.15) is 31.7 Å². The van der Waals surface area contributed by atoms with Crippen LogP contribution in [0.4, 0.5) is 0 Å². The molecule has 2 aliphatic rings. The molecular formula is C19H28N4O. The van der Waals surface area contributed by atoms with E-state index in [-0.39, 0.29) is 0 Å². The molecule has 2 saturated heterocycles. The zero-order valence-electron chi connectivity index (χ0n) is 14.5. The Morgan fingerprint density at radius 3 is 3.17 bits per heavy atom. The topological polar surface area (TPSA) is 53.2 Å². The van der Waals surface area contributed by atoms with Gasteiger partial charge in [-0.2, -0.15) is 5.10 Å². The van der Waals surface area contributed by atoms with Crippen LogP contribution < -0.4 is 5.32 Å². The van der Waals surface area contributed by atoms with Crippen LogP contribution in [0.15, 0.2) is 24.4 Å². The highest BCUT2D eigenvalue weighted by Gasteiger charge is 2.28. The SMILES string of the molecule is C[C@@H]1CN(C[C@H]2CCCO2)CC[C@H]1NCc1cccc2cn[nH]c12. The van der Waals surface area contributed by atoms with E-state index in [0.717, 1.165) is 25.2 Å². The molecule has 3 atom stereocenters. The van der Waals surface area contributed by atoms with Crippen LogP contribution in [0.2, 0.25) is 0 Å². The predicted octanol–water partition coefficient (Wildman–Crippen LogP) is 2.54. The van der Waals surface area contributed by atoms with Crippen molar-refractivity contribution in [1.29, 1.82) is 0 Å². The number of benzene rings is 1. The van der Waals surface area contributed by atoms with Crippen LogP contribution in [0.25, 0.3) is 10.9 Å². The molecule has 0 bridgehead atoms. The number of aromatic nitrogens is 2. The van der Waals surface area contributed by atoms with Crippen LogP contribution in [0, 0.1) is 5.92 Å². The van der Waals surface area contributed by atoms with Crippen molar-refractivity contribution in [2.45, 2.75) is 44.9 Å². The number of ether oxygens (including phenoxy) is 1. The van der Waals surface area contributed by atoms with E-state index in [4.69, 9.17) is 4.74 Å². The third-order valence-corrected chi connectivity index (χ3v) is 5.59. The standard InChI is InChI=1S/C19H28N4O/c1-14-12-23(13-17-6-3-9-24-17)8-7-18(14)20-10-15-4-2-5-16-11-21-22-19(15)16/h2,4-5,11,14,17-18,20H,3,6-10,12-13H2,1H3,(H,21,22)/t14-,17-,18-/m1/s1. The fraction of sp³-hybridized carbons (Fsp3) is 0.632. The predicted molar refractivity (Wildman–Crippen MR) is 95.9 cm³/mol. The fourth-order valence-corrected chi connectivity index (χ4v) is 4.20. The number of piperidine rings is 1. The maximum absolute atomic E-state index is 5.79. The Morgan fingerprint density at radius 1 is 1.38 bits per heavy atom. The summed E-state index contributed by atoms with van der Waals surface area (Å²) in [5, 5.41) is 12.2. The molecule has 0 aliphatic carbocycles. The van der Waals surface area contributed by atoms with Crippen LogP contribution in [-0.4, -0.2) is 53.5 Å². The molecule has 0 unspecified atom stereocenters. The number of nitrogens with zero attached hydrogens (tertiary/aromatic N) is 2. The maximum Gasteiger partial charge on any atom is 0.0702 e. The summed E-state index contributed by atoms with van der Waals surface area (Å²) in [6, 6.07) is 6.99. The smallest absolute Gasteiger partial charge is 0.0702 e. The van der Waals surface area contributed by atoms with Gasteiger partial charge in [0.25, 0.3) is 0 Å². The number of rotatable bonds is 5. The monoisotopic (exact) mass is 328 g/mol. The number of nitrogens with one attached hydrogen (secondary N) is 2. The summed E-state index contributed by atoms with van der Waals surface area (Å²) >= 11 is 0. The van der Waals surface area contributed by atoms with Crippen molar-refractivity contribution >= 4 is 10.9 Å². The van der Waals surface area contributed by atoms with E-state index in [1.807, 2.05) is 6.20 Å². The van der Waals surface area contributed by atoms with E-state index in [9.17, 15) is 0 Å². The van der Waals surface area contributed by atoms with Crippen LogP contribution >= 0.6 is 0 Å². The van der Waals surface area contributed by atoms with Crippen LogP contribution in [0.3, 0.4) is 0 Å². The number of hydrogen-bond donors (Lipinski definition) is 2. The molecule has 0 amide bonds. The van der Waals surface area contributed by atoms with Gasteiger partial charge in [0.15, 0.2) is 0 Å². The highest BCUT2D eigenvalue weighted by Crippen LogP contribution is 2.21. The number of hydrogen-bond acceptors (Lipinski definition) is 4. The number of para-hydroxylation sites is 1. The second-order valence-electron chi connectivity index (χ2n) is 7.40. The van der Waals surface area contributed by atoms with Crippen molar-refractivity contribution in [2.24, 2.45) is 5.92 Å². The van der Waals surface area contributed by atoms with Crippen molar-refractivity contribution in [3.8, 4) is 0 Å². The second-order valence-corrected chi connectivity index (χ2v) is 7.40. The molecule has 1 aromatic carbocycles. The average Bonchev–Trinajstić information content (AvgIpc) is 3.25. The van der Waals surface area contributed by atoms with Gasteiger partial charge in [0.05, 0.1) is 17.8 Å². The molecule has 0 spiro atoms. The molecule has 2 N–H and O–H groups in total. The van der Waals surface area contributed by atoms with Gasteiger partial charge in [-0.05, 0) is 37.3 Å². The largest absolute Gasteiger partial charge is 0.377 e. The Hall–Kier alpha value is -1.43. The molecule has 4 rings (SSSR count). The lowest BCUT2D eigenvalue weighted by molar-refractivity contribution is 0.0512. The molecule has 5 heteroatoms. The number of aromatic amines is 1. The van der Waals surface area contributed by atoms with Gasteiger partial charge in [-0.1, -0.05) is 25.1 Å². The minimum Gasteiger partial charge on any atom is -0.377 e. The van der Waals surface area contributed by atoms with E-state index in [0.29, 0.717) is 18.1 Å². The van der Waals surface area contributed by atoms with E-state index >= 15 is 0 Å². The van der Waals surface area contributed by atoms with Gasteiger partial charge in [-0.25, -0.2) is 0 Å². The van der Waals surface area contributed by atoms with Gasteiger partial charge >= 0.3 is 0 Å². The summed E-state index contributed by atoms with van der Waals surface area (Å²) in [6.07, 6.45) is 6.05. The Bertz CT molecular complexity index is 664. The third kappa shape index (κ3) is 3.48. The minimum absolute atomic E-state index is 0.472. The first-order valence-electron chi connectivity index (χ1n) is 9.28. The lowest BCUT2D eigenvalue weighted by atomic mass is 9.93. The third-order valence-electron chi connectivity index (χ3n) is 5.59. The number of fused-ring (bicyclic) bond motifs is 1. The van der Waals surface area contributed by atoms with Crippen molar-refractivity contribution < 1.29 is 4.74 Å².